The molecular weight excluding hydrogens is 480 g/mol. The average Bonchev–Trinajstić information content (AvgIpc) is 2.85. The minimum Gasteiger partial charge on any atom is -0.385 e. The predicted octanol–water partition coefficient (Wildman–Crippen LogP) is 4.57. The van der Waals surface area contributed by atoms with Gasteiger partial charge in [0.2, 0.25) is 11.8 Å². The number of benzene rings is 2. The number of likely N-dealkylation sites (tertiary alicyclic amines) is 1. The highest BCUT2D eigenvalue weighted by atomic mass is 79.9. The van der Waals surface area contributed by atoms with Gasteiger partial charge in [0.25, 0.3) is 0 Å². The third-order valence-corrected chi connectivity index (χ3v) is 7.69. The van der Waals surface area contributed by atoms with Crippen LogP contribution in [-0.2, 0) is 21.6 Å². The van der Waals surface area contributed by atoms with Crippen LogP contribution >= 0.6 is 15.9 Å². The van der Waals surface area contributed by atoms with E-state index in [0.29, 0.717) is 32.4 Å². The normalized spacial score (nSPS) is 19.6. The highest BCUT2D eigenvalue weighted by molar-refractivity contribution is 9.10. The molecule has 5 nitrogen and oxygen atoms in total. The van der Waals surface area contributed by atoms with Crippen LogP contribution in [0.1, 0.15) is 56.1 Å². The van der Waals surface area contributed by atoms with Crippen LogP contribution < -0.4 is 5.32 Å². The lowest BCUT2D eigenvalue weighted by atomic mass is 9.84. The van der Waals surface area contributed by atoms with E-state index in [2.05, 4.69) is 21.2 Å². The summed E-state index contributed by atoms with van der Waals surface area (Å²) in [5, 5.41) is 14.3. The van der Waals surface area contributed by atoms with Gasteiger partial charge in [-0.25, -0.2) is 0 Å². The summed E-state index contributed by atoms with van der Waals surface area (Å²) in [6.45, 7) is 0.936. The van der Waals surface area contributed by atoms with E-state index in [4.69, 9.17) is 0 Å². The first kappa shape index (κ1) is 24.0. The van der Waals surface area contributed by atoms with Crippen LogP contribution in [0.2, 0.25) is 0 Å². The van der Waals surface area contributed by atoms with Crippen molar-refractivity contribution in [1.82, 2.24) is 10.2 Å². The van der Waals surface area contributed by atoms with Gasteiger partial charge in [-0.3, -0.25) is 9.59 Å². The number of nitrogens with one attached hydrogen (secondary N) is 1. The van der Waals surface area contributed by atoms with Crippen molar-refractivity contribution in [2.75, 3.05) is 13.1 Å². The minimum absolute atomic E-state index is 0.00681. The zero-order valence-corrected chi connectivity index (χ0v) is 20.6. The highest BCUT2D eigenvalue weighted by Gasteiger charge is 2.37. The maximum Gasteiger partial charge on any atom is 0.245 e. The maximum absolute atomic E-state index is 13.5. The van der Waals surface area contributed by atoms with E-state index < -0.39 is 11.6 Å². The van der Waals surface area contributed by atoms with Gasteiger partial charge in [-0.05, 0) is 48.9 Å². The van der Waals surface area contributed by atoms with Crippen LogP contribution in [0.5, 0.6) is 0 Å². The van der Waals surface area contributed by atoms with Gasteiger partial charge in [0.05, 0.1) is 5.60 Å². The van der Waals surface area contributed by atoms with Crippen LogP contribution in [-0.4, -0.2) is 41.0 Å². The lowest BCUT2D eigenvalue weighted by Gasteiger charge is -2.40. The Morgan fingerprint density at radius 1 is 1.00 bits per heavy atom. The lowest BCUT2D eigenvalue weighted by Crippen LogP contribution is -2.54. The van der Waals surface area contributed by atoms with Crippen LogP contribution in [0.4, 0.5) is 0 Å². The first-order valence-corrected chi connectivity index (χ1v) is 12.9. The van der Waals surface area contributed by atoms with Crippen molar-refractivity contribution in [2.45, 2.75) is 63.0 Å². The van der Waals surface area contributed by atoms with Crippen LogP contribution in [0, 0.1) is 5.92 Å². The van der Waals surface area contributed by atoms with Gasteiger partial charge in [0, 0.05) is 29.9 Å². The molecule has 4 rings (SSSR count). The smallest absolute Gasteiger partial charge is 0.245 e. The van der Waals surface area contributed by atoms with Gasteiger partial charge in [0.15, 0.2) is 0 Å². The molecule has 1 unspecified atom stereocenters. The van der Waals surface area contributed by atoms with Gasteiger partial charge in [0.1, 0.15) is 6.04 Å². The summed E-state index contributed by atoms with van der Waals surface area (Å²) in [4.78, 5) is 28.3. The molecule has 2 fully saturated rings. The molecular formula is C27H33BrN2O3. The molecule has 1 atom stereocenters. The van der Waals surface area contributed by atoms with E-state index in [-0.39, 0.29) is 17.7 Å². The Hall–Kier alpha value is -2.18. The standard InChI is InChI=1S/C27H33BrN2O3/c28-23-13-11-22(12-14-23)27(33)15-17-30(18-16-27)26(32)24(19-20-7-3-1-4-8-20)29-25(31)21-9-5-2-6-10-21/h1,3-4,7-8,11-14,21,24,33H,2,5-6,9-10,15-19H2,(H,29,31). The number of hydrogen-bond donors (Lipinski definition) is 2. The van der Waals surface area contributed by atoms with E-state index in [1.54, 1.807) is 0 Å². The predicted molar refractivity (Wildman–Crippen MR) is 133 cm³/mol. The molecule has 1 aliphatic heterocycles. The second-order valence-electron chi connectivity index (χ2n) is 9.45. The zero-order valence-electron chi connectivity index (χ0n) is 19.0. The van der Waals surface area contributed by atoms with Gasteiger partial charge < -0.3 is 15.3 Å². The largest absolute Gasteiger partial charge is 0.385 e. The molecule has 1 heterocycles. The third kappa shape index (κ3) is 6.04. The third-order valence-electron chi connectivity index (χ3n) is 7.16. The zero-order chi connectivity index (χ0) is 23.3. The SMILES string of the molecule is O=C(NC(Cc1ccccc1)C(=O)N1CCC(O)(c2ccc(Br)cc2)CC1)C1CCCCC1. The fourth-order valence-electron chi connectivity index (χ4n) is 5.07. The fourth-order valence-corrected chi connectivity index (χ4v) is 5.33. The van der Waals surface area contributed by atoms with E-state index in [9.17, 15) is 14.7 Å². The van der Waals surface area contributed by atoms with Crippen LogP contribution in [0.25, 0.3) is 0 Å². The van der Waals surface area contributed by atoms with Crippen molar-refractivity contribution in [3.63, 3.8) is 0 Å². The Morgan fingerprint density at radius 3 is 2.27 bits per heavy atom. The minimum atomic E-state index is -0.933. The first-order valence-electron chi connectivity index (χ1n) is 12.1. The lowest BCUT2D eigenvalue weighted by molar-refractivity contribution is -0.141. The summed E-state index contributed by atoms with van der Waals surface area (Å²) in [7, 11) is 0. The Labute approximate surface area is 204 Å². The number of carbonyl (C=O) groups is 2. The molecule has 1 saturated carbocycles. The number of carbonyl (C=O) groups excluding carboxylic acids is 2. The maximum atomic E-state index is 13.5. The molecule has 0 bridgehead atoms. The van der Waals surface area contributed by atoms with Crippen LogP contribution in [0.15, 0.2) is 59.1 Å². The number of nitrogens with zero attached hydrogens (tertiary/aromatic N) is 1. The van der Waals surface area contributed by atoms with Crippen molar-refractivity contribution in [2.24, 2.45) is 5.92 Å². The van der Waals surface area contributed by atoms with E-state index in [1.807, 2.05) is 59.5 Å². The quantitative estimate of drug-likeness (QED) is 0.595. The summed E-state index contributed by atoms with van der Waals surface area (Å²) in [5.41, 5.74) is 0.977. The Morgan fingerprint density at radius 2 is 1.64 bits per heavy atom. The molecule has 6 heteroatoms. The number of piperidine rings is 1. The number of hydrogen-bond acceptors (Lipinski definition) is 3. The molecule has 2 aliphatic rings. The average molecular weight is 513 g/mol. The molecule has 2 amide bonds. The van der Waals surface area contributed by atoms with E-state index in [1.165, 1.54) is 6.42 Å². The van der Waals surface area contributed by atoms with Gasteiger partial charge >= 0.3 is 0 Å². The van der Waals surface area contributed by atoms with Crippen LogP contribution in [0.3, 0.4) is 0 Å². The van der Waals surface area contributed by atoms with Gasteiger partial charge in [-0.2, -0.15) is 0 Å². The monoisotopic (exact) mass is 512 g/mol. The molecule has 0 radical (unpaired) electrons. The van der Waals surface area contributed by atoms with Crippen molar-refractivity contribution in [3.8, 4) is 0 Å². The summed E-state index contributed by atoms with van der Waals surface area (Å²) in [5.74, 6) is -0.0399. The molecule has 1 saturated heterocycles. The molecule has 0 spiro atoms. The summed E-state index contributed by atoms with van der Waals surface area (Å²) < 4.78 is 0.972. The van der Waals surface area contributed by atoms with Gasteiger partial charge in [-0.15, -0.1) is 0 Å². The summed E-state index contributed by atoms with van der Waals surface area (Å²) in [6.07, 6.45) is 6.59. The molecule has 2 N–H and O–H groups in total. The number of halogens is 1. The number of amides is 2. The first-order chi connectivity index (χ1) is 15.9. The van der Waals surface area contributed by atoms with Gasteiger partial charge in [-0.1, -0.05) is 77.7 Å². The summed E-state index contributed by atoms with van der Waals surface area (Å²) in [6, 6.07) is 17.0. The highest BCUT2D eigenvalue weighted by Crippen LogP contribution is 2.34. The Bertz CT molecular complexity index is 934. The van der Waals surface area contributed by atoms with Crippen molar-refractivity contribution in [3.05, 3.63) is 70.2 Å². The molecule has 33 heavy (non-hydrogen) atoms. The second kappa shape index (κ2) is 10.8. The Kier molecular flexibility index (Phi) is 7.86. The fraction of sp³-hybridized carbons (Fsp3) is 0.481. The van der Waals surface area contributed by atoms with Crippen molar-refractivity contribution in [1.29, 1.82) is 0 Å². The van der Waals surface area contributed by atoms with Crippen molar-refractivity contribution >= 4 is 27.7 Å². The molecule has 0 aromatic heterocycles. The topological polar surface area (TPSA) is 69.6 Å². The molecule has 176 valence electrons. The number of rotatable bonds is 6. The van der Waals surface area contributed by atoms with E-state index >= 15 is 0 Å². The number of aliphatic hydroxyl groups is 1. The second-order valence-corrected chi connectivity index (χ2v) is 10.4. The van der Waals surface area contributed by atoms with E-state index in [0.717, 1.165) is 41.3 Å². The van der Waals surface area contributed by atoms with Crippen molar-refractivity contribution < 1.29 is 14.7 Å². The molecule has 2 aromatic carbocycles. The molecule has 2 aromatic rings. The molecule has 1 aliphatic carbocycles. The Balaban J connectivity index is 1.44. The summed E-state index contributed by atoms with van der Waals surface area (Å²) >= 11 is 3.44.